The number of primary amides is 1. The molecule has 0 saturated carbocycles. The number of hydrogen-bond acceptors (Lipinski definition) is 4. The van der Waals surface area contributed by atoms with Gasteiger partial charge >= 0.3 is 0 Å². The van der Waals surface area contributed by atoms with E-state index in [1.165, 1.54) is 0 Å². The van der Waals surface area contributed by atoms with Crippen LogP contribution in [-0.2, 0) is 9.53 Å². The standard InChI is InChI=1S/C9H19N3O2/c1-2-7-5-12(3-4-14-7)6-8(10)9(11)13/h7-8H,2-6,10H2,1H3,(H2,11,13). The van der Waals surface area contributed by atoms with Crippen molar-refractivity contribution >= 4 is 5.91 Å². The molecule has 82 valence electrons. The van der Waals surface area contributed by atoms with E-state index in [-0.39, 0.29) is 6.10 Å². The van der Waals surface area contributed by atoms with Crippen LogP contribution in [0.25, 0.3) is 0 Å². The Morgan fingerprint density at radius 2 is 2.43 bits per heavy atom. The van der Waals surface area contributed by atoms with E-state index in [0.29, 0.717) is 13.2 Å². The average molecular weight is 201 g/mol. The van der Waals surface area contributed by atoms with Crippen LogP contribution in [-0.4, -0.2) is 49.2 Å². The van der Waals surface area contributed by atoms with Crippen LogP contribution >= 0.6 is 0 Å². The fourth-order valence-corrected chi connectivity index (χ4v) is 1.56. The van der Waals surface area contributed by atoms with Crippen molar-refractivity contribution < 1.29 is 9.53 Å². The minimum absolute atomic E-state index is 0.267. The average Bonchev–Trinajstić information content (AvgIpc) is 2.18. The molecular formula is C9H19N3O2. The van der Waals surface area contributed by atoms with Crippen LogP contribution in [0.2, 0.25) is 0 Å². The molecule has 1 saturated heterocycles. The van der Waals surface area contributed by atoms with E-state index in [4.69, 9.17) is 16.2 Å². The molecule has 0 bridgehead atoms. The lowest BCUT2D eigenvalue weighted by atomic mass is 10.2. The largest absolute Gasteiger partial charge is 0.376 e. The van der Waals surface area contributed by atoms with Crippen LogP contribution in [0.15, 0.2) is 0 Å². The van der Waals surface area contributed by atoms with Gasteiger partial charge in [-0.05, 0) is 6.42 Å². The van der Waals surface area contributed by atoms with Crippen molar-refractivity contribution in [2.45, 2.75) is 25.5 Å². The molecule has 5 heteroatoms. The van der Waals surface area contributed by atoms with Gasteiger partial charge in [-0.25, -0.2) is 0 Å². The highest BCUT2D eigenvalue weighted by Crippen LogP contribution is 2.07. The Labute approximate surface area is 84.4 Å². The van der Waals surface area contributed by atoms with E-state index < -0.39 is 11.9 Å². The van der Waals surface area contributed by atoms with E-state index in [2.05, 4.69) is 11.8 Å². The summed E-state index contributed by atoms with van der Waals surface area (Å²) in [5, 5.41) is 0. The van der Waals surface area contributed by atoms with Gasteiger partial charge in [-0.1, -0.05) is 6.92 Å². The summed E-state index contributed by atoms with van der Waals surface area (Å²) in [5.41, 5.74) is 10.7. The normalized spacial score (nSPS) is 26.0. The molecule has 1 aliphatic rings. The number of amides is 1. The van der Waals surface area contributed by atoms with Crippen molar-refractivity contribution in [3.05, 3.63) is 0 Å². The first-order chi connectivity index (χ1) is 6.63. The van der Waals surface area contributed by atoms with E-state index in [1.54, 1.807) is 0 Å². The molecule has 0 aromatic heterocycles. The Balaban J connectivity index is 2.33. The molecule has 1 aliphatic heterocycles. The fraction of sp³-hybridized carbons (Fsp3) is 0.889. The molecule has 1 heterocycles. The van der Waals surface area contributed by atoms with Crippen LogP contribution in [0.3, 0.4) is 0 Å². The molecule has 14 heavy (non-hydrogen) atoms. The van der Waals surface area contributed by atoms with E-state index in [1.807, 2.05) is 0 Å². The minimum Gasteiger partial charge on any atom is -0.376 e. The Morgan fingerprint density at radius 1 is 1.71 bits per heavy atom. The Kier molecular flexibility index (Phi) is 4.31. The lowest BCUT2D eigenvalue weighted by Crippen LogP contribution is -2.51. The van der Waals surface area contributed by atoms with Gasteiger partial charge in [0.1, 0.15) is 0 Å². The van der Waals surface area contributed by atoms with Crippen molar-refractivity contribution in [3.8, 4) is 0 Å². The molecule has 0 aromatic carbocycles. The third-order valence-electron chi connectivity index (χ3n) is 2.50. The van der Waals surface area contributed by atoms with Gasteiger partial charge in [0.25, 0.3) is 0 Å². The Morgan fingerprint density at radius 3 is 3.00 bits per heavy atom. The second kappa shape index (κ2) is 5.29. The quantitative estimate of drug-likeness (QED) is 0.605. The Hall–Kier alpha value is -0.650. The van der Waals surface area contributed by atoms with Crippen LogP contribution < -0.4 is 11.5 Å². The monoisotopic (exact) mass is 201 g/mol. The highest BCUT2D eigenvalue weighted by Gasteiger charge is 2.21. The molecule has 2 atom stereocenters. The number of ether oxygens (including phenoxy) is 1. The van der Waals surface area contributed by atoms with Crippen molar-refractivity contribution in [1.82, 2.24) is 4.90 Å². The van der Waals surface area contributed by atoms with Gasteiger partial charge in [-0.15, -0.1) is 0 Å². The molecule has 0 radical (unpaired) electrons. The first kappa shape index (κ1) is 11.4. The van der Waals surface area contributed by atoms with Crippen LogP contribution in [0.1, 0.15) is 13.3 Å². The van der Waals surface area contributed by atoms with Gasteiger partial charge in [-0.3, -0.25) is 9.69 Å². The van der Waals surface area contributed by atoms with E-state index in [9.17, 15) is 4.79 Å². The number of rotatable bonds is 4. The van der Waals surface area contributed by atoms with Gasteiger partial charge in [0.15, 0.2) is 0 Å². The summed E-state index contributed by atoms with van der Waals surface area (Å²) >= 11 is 0. The van der Waals surface area contributed by atoms with Gasteiger partial charge in [0.05, 0.1) is 18.8 Å². The van der Waals surface area contributed by atoms with Crippen LogP contribution in [0, 0.1) is 0 Å². The zero-order chi connectivity index (χ0) is 10.6. The minimum atomic E-state index is -0.564. The topological polar surface area (TPSA) is 81.6 Å². The highest BCUT2D eigenvalue weighted by molar-refractivity contribution is 5.79. The number of carbonyl (C=O) groups is 1. The van der Waals surface area contributed by atoms with Crippen molar-refractivity contribution in [3.63, 3.8) is 0 Å². The molecule has 1 fully saturated rings. The second-order valence-electron chi connectivity index (χ2n) is 3.67. The molecule has 0 spiro atoms. The van der Waals surface area contributed by atoms with Gasteiger partial charge < -0.3 is 16.2 Å². The molecule has 2 unspecified atom stereocenters. The second-order valence-corrected chi connectivity index (χ2v) is 3.67. The van der Waals surface area contributed by atoms with Gasteiger partial charge in [0.2, 0.25) is 5.91 Å². The highest BCUT2D eigenvalue weighted by atomic mass is 16.5. The lowest BCUT2D eigenvalue weighted by Gasteiger charge is -2.33. The number of nitrogens with zero attached hydrogens (tertiary/aromatic N) is 1. The third kappa shape index (κ3) is 3.25. The molecule has 0 aromatic rings. The van der Waals surface area contributed by atoms with Crippen molar-refractivity contribution in [2.24, 2.45) is 11.5 Å². The summed E-state index contributed by atoms with van der Waals surface area (Å²) in [5.74, 6) is -0.440. The smallest absolute Gasteiger partial charge is 0.235 e. The van der Waals surface area contributed by atoms with Gasteiger partial charge in [0, 0.05) is 19.6 Å². The predicted octanol–water partition coefficient (Wildman–Crippen LogP) is -1.09. The number of morpholine rings is 1. The first-order valence-electron chi connectivity index (χ1n) is 5.02. The number of hydrogen-bond donors (Lipinski definition) is 2. The summed E-state index contributed by atoms with van der Waals surface area (Å²) < 4.78 is 5.50. The number of carbonyl (C=O) groups excluding carboxylic acids is 1. The first-order valence-corrected chi connectivity index (χ1v) is 5.02. The maximum Gasteiger partial charge on any atom is 0.235 e. The third-order valence-corrected chi connectivity index (χ3v) is 2.50. The molecule has 1 amide bonds. The maximum atomic E-state index is 10.8. The molecule has 1 rings (SSSR count). The summed E-state index contributed by atoms with van der Waals surface area (Å²) in [6.45, 7) is 5.01. The Bertz CT molecular complexity index is 198. The molecular weight excluding hydrogens is 182 g/mol. The number of nitrogens with two attached hydrogens (primary N) is 2. The zero-order valence-electron chi connectivity index (χ0n) is 8.61. The summed E-state index contributed by atoms with van der Waals surface area (Å²) in [4.78, 5) is 12.9. The molecule has 5 nitrogen and oxygen atoms in total. The van der Waals surface area contributed by atoms with Gasteiger partial charge in [-0.2, -0.15) is 0 Å². The SMILES string of the molecule is CCC1CN(CC(N)C(N)=O)CCO1. The predicted molar refractivity (Wildman–Crippen MR) is 53.6 cm³/mol. The van der Waals surface area contributed by atoms with E-state index in [0.717, 1.165) is 19.5 Å². The fourth-order valence-electron chi connectivity index (χ4n) is 1.56. The van der Waals surface area contributed by atoms with Crippen molar-refractivity contribution in [2.75, 3.05) is 26.2 Å². The summed E-state index contributed by atoms with van der Waals surface area (Å²) in [7, 11) is 0. The summed E-state index contributed by atoms with van der Waals surface area (Å²) in [6, 6.07) is -0.564. The van der Waals surface area contributed by atoms with Crippen molar-refractivity contribution in [1.29, 1.82) is 0 Å². The molecule has 0 aliphatic carbocycles. The molecule has 4 N–H and O–H groups in total. The lowest BCUT2D eigenvalue weighted by molar-refractivity contribution is -0.120. The zero-order valence-corrected chi connectivity index (χ0v) is 8.61. The van der Waals surface area contributed by atoms with Crippen LogP contribution in [0.4, 0.5) is 0 Å². The summed E-state index contributed by atoms with van der Waals surface area (Å²) in [6.07, 6.45) is 1.26. The van der Waals surface area contributed by atoms with E-state index >= 15 is 0 Å². The maximum absolute atomic E-state index is 10.8. The van der Waals surface area contributed by atoms with Crippen LogP contribution in [0.5, 0.6) is 0 Å².